The van der Waals surface area contributed by atoms with E-state index in [0.717, 1.165) is 22.4 Å². The van der Waals surface area contributed by atoms with Gasteiger partial charge in [0, 0.05) is 16.8 Å². The largest absolute Gasteiger partial charge is 0.345 e. The molecule has 0 saturated heterocycles. The maximum Gasteiger partial charge on any atom is 0.257 e. The number of fused-ring (bicyclic) bond motifs is 1. The maximum absolute atomic E-state index is 13.4. The molecule has 33 heavy (non-hydrogen) atoms. The Hall–Kier alpha value is -3.96. The molecule has 0 aliphatic carbocycles. The van der Waals surface area contributed by atoms with Gasteiger partial charge in [-0.3, -0.25) is 4.79 Å². The molecular weight excluding hydrogens is 432 g/mol. The molecule has 0 bridgehead atoms. The molecule has 0 unspecified atom stereocenters. The van der Waals surface area contributed by atoms with E-state index >= 15 is 0 Å². The van der Waals surface area contributed by atoms with Gasteiger partial charge in [-0.2, -0.15) is 5.10 Å². The highest BCUT2D eigenvalue weighted by molar-refractivity contribution is 6.30. The van der Waals surface area contributed by atoms with Crippen molar-refractivity contribution >= 4 is 23.2 Å². The van der Waals surface area contributed by atoms with Crippen molar-refractivity contribution in [1.82, 2.24) is 19.9 Å². The first-order valence-corrected chi connectivity index (χ1v) is 11.1. The van der Waals surface area contributed by atoms with Crippen molar-refractivity contribution in [2.45, 2.75) is 12.5 Å². The fourth-order valence-corrected chi connectivity index (χ4v) is 4.13. The number of aromatic nitrogens is 3. The van der Waals surface area contributed by atoms with Gasteiger partial charge in [0.15, 0.2) is 5.65 Å². The second kappa shape index (κ2) is 9.27. The van der Waals surface area contributed by atoms with Crippen LogP contribution in [0, 0.1) is 0 Å². The molecule has 0 saturated carbocycles. The summed E-state index contributed by atoms with van der Waals surface area (Å²) in [4.78, 5) is 17.8. The molecule has 1 N–H and O–H groups in total. The number of carbonyl (C=O) groups excluding carboxylic acids is 1. The summed E-state index contributed by atoms with van der Waals surface area (Å²) in [6.07, 6.45) is 3.93. The van der Waals surface area contributed by atoms with Crippen LogP contribution in [0.25, 0.3) is 16.9 Å². The van der Waals surface area contributed by atoms with Crippen LogP contribution in [0.15, 0.2) is 103 Å². The van der Waals surface area contributed by atoms with Crippen LogP contribution in [0.2, 0.25) is 5.02 Å². The number of carbonyl (C=O) groups is 1. The summed E-state index contributed by atoms with van der Waals surface area (Å²) in [6, 6.07) is 29.3. The molecule has 5 rings (SSSR count). The van der Waals surface area contributed by atoms with Crippen molar-refractivity contribution in [2.24, 2.45) is 0 Å². The van der Waals surface area contributed by atoms with Crippen molar-refractivity contribution in [3.05, 3.63) is 125 Å². The van der Waals surface area contributed by atoms with E-state index in [1.54, 1.807) is 16.9 Å². The van der Waals surface area contributed by atoms with Gasteiger partial charge in [-0.25, -0.2) is 9.50 Å². The van der Waals surface area contributed by atoms with Crippen molar-refractivity contribution in [3.63, 3.8) is 0 Å². The Bertz CT molecular complexity index is 1400. The van der Waals surface area contributed by atoms with E-state index in [2.05, 4.69) is 27.5 Å². The molecule has 0 radical (unpaired) electrons. The highest BCUT2D eigenvalue weighted by Gasteiger charge is 2.21. The van der Waals surface area contributed by atoms with Crippen LogP contribution in [0.5, 0.6) is 0 Å². The van der Waals surface area contributed by atoms with Gasteiger partial charge >= 0.3 is 0 Å². The summed E-state index contributed by atoms with van der Waals surface area (Å²) >= 11 is 6.17. The van der Waals surface area contributed by atoms with Gasteiger partial charge in [0.1, 0.15) is 5.56 Å². The number of amides is 1. The minimum atomic E-state index is -0.217. The number of nitrogens with zero attached hydrogens (tertiary/aromatic N) is 3. The summed E-state index contributed by atoms with van der Waals surface area (Å²) in [7, 11) is 0. The molecule has 2 heterocycles. The molecule has 5 aromatic rings. The van der Waals surface area contributed by atoms with Gasteiger partial charge in [-0.05, 0) is 35.7 Å². The first-order chi connectivity index (χ1) is 16.2. The second-order valence-corrected chi connectivity index (χ2v) is 8.20. The van der Waals surface area contributed by atoms with Crippen LogP contribution in [0.1, 0.15) is 27.5 Å². The summed E-state index contributed by atoms with van der Waals surface area (Å²) < 4.78 is 1.68. The van der Waals surface area contributed by atoms with E-state index in [4.69, 9.17) is 11.6 Å². The average molecular weight is 453 g/mol. The highest BCUT2D eigenvalue weighted by atomic mass is 35.5. The van der Waals surface area contributed by atoms with Gasteiger partial charge < -0.3 is 5.32 Å². The van der Waals surface area contributed by atoms with E-state index in [-0.39, 0.29) is 11.9 Å². The first kappa shape index (κ1) is 20.9. The minimum Gasteiger partial charge on any atom is -0.345 e. The Balaban J connectivity index is 1.48. The highest BCUT2D eigenvalue weighted by Crippen LogP contribution is 2.25. The Kier molecular flexibility index (Phi) is 5.87. The standard InChI is InChI=1S/C27H21ClN4O/c28-22-13-7-12-21(17-22)25-14-15-29-26-23(18-30-32(25)26)27(33)31-24(20-10-5-2-6-11-20)16-19-8-3-1-4-9-19/h1-15,17-18,24H,16H2,(H,31,33)/t24-/m0/s1. The summed E-state index contributed by atoms with van der Waals surface area (Å²) in [5.41, 5.74) is 4.82. The Morgan fingerprint density at radius 3 is 2.45 bits per heavy atom. The molecular formula is C27H21ClN4O. The van der Waals surface area contributed by atoms with Gasteiger partial charge in [-0.15, -0.1) is 0 Å². The third-order valence-corrected chi connectivity index (χ3v) is 5.79. The fourth-order valence-electron chi connectivity index (χ4n) is 3.94. The topological polar surface area (TPSA) is 59.3 Å². The van der Waals surface area contributed by atoms with Crippen LogP contribution < -0.4 is 5.32 Å². The lowest BCUT2D eigenvalue weighted by atomic mass is 9.98. The van der Waals surface area contributed by atoms with Gasteiger partial charge in [-0.1, -0.05) is 84.4 Å². The summed E-state index contributed by atoms with van der Waals surface area (Å²) in [5, 5.41) is 8.28. The number of nitrogens with one attached hydrogen (secondary N) is 1. The lowest BCUT2D eigenvalue weighted by molar-refractivity contribution is 0.0938. The van der Waals surface area contributed by atoms with Crippen molar-refractivity contribution in [1.29, 1.82) is 0 Å². The lowest BCUT2D eigenvalue weighted by Crippen LogP contribution is -2.30. The van der Waals surface area contributed by atoms with Crippen molar-refractivity contribution in [3.8, 4) is 11.3 Å². The maximum atomic E-state index is 13.4. The number of halogens is 1. The van der Waals surface area contributed by atoms with Crippen LogP contribution in [-0.2, 0) is 6.42 Å². The van der Waals surface area contributed by atoms with Gasteiger partial charge in [0.2, 0.25) is 0 Å². The second-order valence-electron chi connectivity index (χ2n) is 7.76. The smallest absolute Gasteiger partial charge is 0.257 e. The average Bonchev–Trinajstić information content (AvgIpc) is 3.29. The number of benzene rings is 3. The summed E-state index contributed by atoms with van der Waals surface area (Å²) in [5.74, 6) is -0.217. The third kappa shape index (κ3) is 4.49. The zero-order valence-electron chi connectivity index (χ0n) is 17.7. The van der Waals surface area contributed by atoms with Crippen molar-refractivity contribution in [2.75, 3.05) is 0 Å². The van der Waals surface area contributed by atoms with Crippen LogP contribution in [0.3, 0.4) is 0 Å². The van der Waals surface area contributed by atoms with E-state index in [9.17, 15) is 4.79 Å². The Labute approximate surface area is 196 Å². The monoisotopic (exact) mass is 452 g/mol. The van der Waals surface area contributed by atoms with Crippen LogP contribution >= 0.6 is 11.6 Å². The molecule has 1 atom stereocenters. The van der Waals surface area contributed by atoms with E-state index in [1.165, 1.54) is 0 Å². The molecule has 0 spiro atoms. The SMILES string of the molecule is O=C(N[C@@H](Cc1ccccc1)c1ccccc1)c1cnn2c(-c3cccc(Cl)c3)ccnc12. The number of rotatable bonds is 6. The molecule has 0 aliphatic heterocycles. The summed E-state index contributed by atoms with van der Waals surface area (Å²) in [6.45, 7) is 0. The van der Waals surface area contributed by atoms with Crippen LogP contribution in [-0.4, -0.2) is 20.5 Å². The fraction of sp³-hybridized carbons (Fsp3) is 0.0741. The molecule has 1 amide bonds. The quantitative estimate of drug-likeness (QED) is 0.356. The predicted octanol–water partition coefficient (Wildman–Crippen LogP) is 5.76. The number of hydrogen-bond donors (Lipinski definition) is 1. The van der Waals surface area contributed by atoms with E-state index in [0.29, 0.717) is 22.7 Å². The lowest BCUT2D eigenvalue weighted by Gasteiger charge is -2.19. The van der Waals surface area contributed by atoms with Gasteiger partial charge in [0.05, 0.1) is 17.9 Å². The molecule has 162 valence electrons. The first-order valence-electron chi connectivity index (χ1n) is 10.7. The zero-order chi connectivity index (χ0) is 22.6. The Morgan fingerprint density at radius 2 is 1.70 bits per heavy atom. The normalized spacial score (nSPS) is 11.9. The molecule has 5 nitrogen and oxygen atoms in total. The molecule has 6 heteroatoms. The molecule has 0 aliphatic rings. The molecule has 3 aromatic carbocycles. The molecule has 2 aromatic heterocycles. The van der Waals surface area contributed by atoms with Gasteiger partial charge in [0.25, 0.3) is 5.91 Å². The Morgan fingerprint density at radius 1 is 0.939 bits per heavy atom. The molecule has 0 fully saturated rings. The third-order valence-electron chi connectivity index (χ3n) is 5.56. The minimum absolute atomic E-state index is 0.188. The van der Waals surface area contributed by atoms with E-state index < -0.39 is 0 Å². The van der Waals surface area contributed by atoms with Crippen LogP contribution in [0.4, 0.5) is 0 Å². The van der Waals surface area contributed by atoms with E-state index in [1.807, 2.05) is 78.9 Å². The predicted molar refractivity (Wildman–Crippen MR) is 130 cm³/mol. The zero-order valence-corrected chi connectivity index (χ0v) is 18.5. The number of hydrogen-bond acceptors (Lipinski definition) is 3. The van der Waals surface area contributed by atoms with Crippen molar-refractivity contribution < 1.29 is 4.79 Å².